The molecule has 6 nitrogen and oxygen atoms in total. The quantitative estimate of drug-likeness (QED) is 0.905. The molecule has 0 aliphatic carbocycles. The molecule has 0 spiro atoms. The van der Waals surface area contributed by atoms with Gasteiger partial charge in [-0.05, 0) is 23.8 Å². The van der Waals surface area contributed by atoms with Crippen LogP contribution in [0.2, 0.25) is 10.0 Å². The van der Waals surface area contributed by atoms with E-state index in [4.69, 9.17) is 33.4 Å². The highest BCUT2D eigenvalue weighted by Gasteiger charge is 2.23. The average Bonchev–Trinajstić information content (AvgIpc) is 2.71. The summed E-state index contributed by atoms with van der Waals surface area (Å²) in [5, 5.41) is 18.8. The molecule has 0 bridgehead atoms. The van der Waals surface area contributed by atoms with Gasteiger partial charge in [0.2, 0.25) is 0 Å². The standard InChI is InChI=1S/C12H8Cl2N2O4/c13-7-1-6(2-8(14)3-7)4-16-5-15-9(11(17)18)10(16)12(19)20/h1-3,5H,4H2,(H,17,18)(H,19,20). The lowest BCUT2D eigenvalue weighted by molar-refractivity contribution is 0.0640. The summed E-state index contributed by atoms with van der Waals surface area (Å²) in [5.74, 6) is -2.77. The summed E-state index contributed by atoms with van der Waals surface area (Å²) in [5.41, 5.74) is -0.265. The van der Waals surface area contributed by atoms with Crippen molar-refractivity contribution >= 4 is 35.1 Å². The molecule has 0 fully saturated rings. The molecule has 2 N–H and O–H groups in total. The van der Waals surface area contributed by atoms with E-state index in [1.807, 2.05) is 0 Å². The van der Waals surface area contributed by atoms with Crippen LogP contribution in [0.4, 0.5) is 0 Å². The molecular formula is C12H8Cl2N2O4. The Kier molecular flexibility index (Phi) is 3.96. The van der Waals surface area contributed by atoms with Gasteiger partial charge in [0.25, 0.3) is 0 Å². The smallest absolute Gasteiger partial charge is 0.357 e. The maximum absolute atomic E-state index is 11.2. The van der Waals surface area contributed by atoms with Crippen LogP contribution in [0.3, 0.4) is 0 Å². The van der Waals surface area contributed by atoms with Gasteiger partial charge >= 0.3 is 11.9 Å². The summed E-state index contributed by atoms with van der Waals surface area (Å²) in [7, 11) is 0. The number of aromatic nitrogens is 2. The summed E-state index contributed by atoms with van der Waals surface area (Å²) in [6.07, 6.45) is 1.15. The van der Waals surface area contributed by atoms with Gasteiger partial charge in [0, 0.05) is 16.6 Å². The van der Waals surface area contributed by atoms with Gasteiger partial charge in [-0.25, -0.2) is 14.6 Å². The molecule has 104 valence electrons. The Balaban J connectivity index is 2.43. The molecule has 0 aliphatic heterocycles. The van der Waals surface area contributed by atoms with Crippen molar-refractivity contribution in [3.63, 3.8) is 0 Å². The lowest BCUT2D eigenvalue weighted by atomic mass is 10.2. The zero-order valence-electron chi connectivity index (χ0n) is 9.88. The maximum Gasteiger partial charge on any atom is 0.357 e. The Labute approximate surface area is 123 Å². The Morgan fingerprint density at radius 1 is 1.10 bits per heavy atom. The number of imidazole rings is 1. The van der Waals surface area contributed by atoms with Gasteiger partial charge in [0.05, 0.1) is 6.33 Å². The zero-order chi connectivity index (χ0) is 14.9. The van der Waals surface area contributed by atoms with Crippen LogP contribution >= 0.6 is 23.2 Å². The number of carbonyl (C=O) groups is 2. The number of nitrogens with zero attached hydrogens (tertiary/aromatic N) is 2. The van der Waals surface area contributed by atoms with Gasteiger partial charge in [-0.15, -0.1) is 0 Å². The molecule has 0 atom stereocenters. The zero-order valence-corrected chi connectivity index (χ0v) is 11.4. The summed E-state index contributed by atoms with van der Waals surface area (Å²) < 4.78 is 1.22. The SMILES string of the molecule is O=C(O)c1ncn(Cc2cc(Cl)cc(Cl)c2)c1C(=O)O. The molecule has 0 saturated carbocycles. The Hall–Kier alpha value is -2.05. The molecule has 0 unspecified atom stereocenters. The van der Waals surface area contributed by atoms with E-state index in [1.54, 1.807) is 18.2 Å². The minimum atomic E-state index is -1.40. The van der Waals surface area contributed by atoms with Gasteiger partial charge in [0.1, 0.15) is 0 Å². The van der Waals surface area contributed by atoms with E-state index >= 15 is 0 Å². The second-order valence-electron chi connectivity index (χ2n) is 3.96. The number of benzene rings is 1. The lowest BCUT2D eigenvalue weighted by Gasteiger charge is -2.07. The number of hydrogen-bond acceptors (Lipinski definition) is 3. The first-order chi connectivity index (χ1) is 9.38. The Morgan fingerprint density at radius 2 is 1.70 bits per heavy atom. The van der Waals surface area contributed by atoms with Gasteiger partial charge in [0.15, 0.2) is 11.4 Å². The van der Waals surface area contributed by atoms with Crippen LogP contribution in [0.15, 0.2) is 24.5 Å². The second-order valence-corrected chi connectivity index (χ2v) is 4.83. The van der Waals surface area contributed by atoms with Crippen LogP contribution in [0.1, 0.15) is 26.5 Å². The van der Waals surface area contributed by atoms with Gasteiger partial charge in [-0.2, -0.15) is 0 Å². The first-order valence-corrected chi connectivity index (χ1v) is 6.10. The van der Waals surface area contributed by atoms with Gasteiger partial charge in [-0.3, -0.25) is 0 Å². The van der Waals surface area contributed by atoms with Crippen LogP contribution in [0, 0.1) is 0 Å². The van der Waals surface area contributed by atoms with Gasteiger partial charge < -0.3 is 14.8 Å². The first-order valence-electron chi connectivity index (χ1n) is 5.35. The van der Waals surface area contributed by atoms with Crippen molar-refractivity contribution in [1.29, 1.82) is 0 Å². The van der Waals surface area contributed by atoms with E-state index in [0.29, 0.717) is 15.6 Å². The third-order valence-electron chi connectivity index (χ3n) is 2.52. The van der Waals surface area contributed by atoms with Crippen molar-refractivity contribution in [3.8, 4) is 0 Å². The Morgan fingerprint density at radius 3 is 2.20 bits per heavy atom. The summed E-state index contributed by atoms with van der Waals surface area (Å²) in [4.78, 5) is 25.7. The van der Waals surface area contributed by atoms with Crippen molar-refractivity contribution in [2.75, 3.05) is 0 Å². The number of aromatic carboxylic acids is 2. The summed E-state index contributed by atoms with van der Waals surface area (Å²) >= 11 is 11.7. The van der Waals surface area contributed by atoms with E-state index in [1.165, 1.54) is 4.57 Å². The van der Waals surface area contributed by atoms with Crippen LogP contribution < -0.4 is 0 Å². The minimum absolute atomic E-state index is 0.0994. The number of carboxylic acids is 2. The third kappa shape index (κ3) is 2.92. The molecule has 2 rings (SSSR count). The minimum Gasteiger partial charge on any atom is -0.476 e. The monoisotopic (exact) mass is 314 g/mol. The molecule has 0 aliphatic rings. The van der Waals surface area contributed by atoms with Crippen molar-refractivity contribution in [3.05, 3.63) is 51.5 Å². The predicted octanol–water partition coefficient (Wildman–Crippen LogP) is 2.63. The fourth-order valence-corrected chi connectivity index (χ4v) is 2.35. The summed E-state index contributed by atoms with van der Waals surface area (Å²) in [6, 6.07) is 4.76. The van der Waals surface area contributed by atoms with Crippen molar-refractivity contribution in [1.82, 2.24) is 9.55 Å². The third-order valence-corrected chi connectivity index (χ3v) is 2.95. The highest BCUT2D eigenvalue weighted by atomic mass is 35.5. The lowest BCUT2D eigenvalue weighted by Crippen LogP contribution is -2.13. The molecular weight excluding hydrogens is 307 g/mol. The summed E-state index contributed by atoms with van der Waals surface area (Å²) in [6.45, 7) is 0.0994. The number of rotatable bonds is 4. The molecule has 2 aromatic rings. The van der Waals surface area contributed by atoms with Crippen molar-refractivity contribution in [2.24, 2.45) is 0 Å². The van der Waals surface area contributed by atoms with Crippen LogP contribution in [-0.4, -0.2) is 31.7 Å². The number of hydrogen-bond donors (Lipinski definition) is 2. The molecule has 0 radical (unpaired) electrons. The number of carboxylic acid groups (broad SMARTS) is 2. The average molecular weight is 315 g/mol. The number of halogens is 2. The topological polar surface area (TPSA) is 92.4 Å². The van der Waals surface area contributed by atoms with Crippen molar-refractivity contribution < 1.29 is 19.8 Å². The van der Waals surface area contributed by atoms with E-state index in [2.05, 4.69) is 4.98 Å². The highest BCUT2D eigenvalue weighted by Crippen LogP contribution is 2.20. The molecule has 0 saturated heterocycles. The van der Waals surface area contributed by atoms with Gasteiger partial charge in [-0.1, -0.05) is 23.2 Å². The fourth-order valence-electron chi connectivity index (χ4n) is 1.78. The largest absolute Gasteiger partial charge is 0.476 e. The van der Waals surface area contributed by atoms with E-state index < -0.39 is 23.3 Å². The molecule has 0 amide bonds. The fraction of sp³-hybridized carbons (Fsp3) is 0.0833. The van der Waals surface area contributed by atoms with Crippen LogP contribution in [-0.2, 0) is 6.54 Å². The predicted molar refractivity (Wildman–Crippen MR) is 71.7 cm³/mol. The molecule has 1 aromatic heterocycles. The van der Waals surface area contributed by atoms with E-state index in [9.17, 15) is 9.59 Å². The van der Waals surface area contributed by atoms with E-state index in [-0.39, 0.29) is 6.54 Å². The first kappa shape index (κ1) is 14.4. The Bertz CT molecular complexity index is 677. The second kappa shape index (κ2) is 5.52. The van der Waals surface area contributed by atoms with Crippen molar-refractivity contribution in [2.45, 2.75) is 6.54 Å². The van der Waals surface area contributed by atoms with Crippen LogP contribution in [0.25, 0.3) is 0 Å². The van der Waals surface area contributed by atoms with Crippen LogP contribution in [0.5, 0.6) is 0 Å². The normalized spacial score (nSPS) is 10.5. The molecule has 1 heterocycles. The molecule has 8 heteroatoms. The maximum atomic E-state index is 11.2. The highest BCUT2D eigenvalue weighted by molar-refractivity contribution is 6.34. The molecule has 1 aromatic carbocycles. The molecule has 20 heavy (non-hydrogen) atoms. The van der Waals surface area contributed by atoms with E-state index in [0.717, 1.165) is 6.33 Å².